The predicted octanol–water partition coefficient (Wildman–Crippen LogP) is 5.23. The van der Waals surface area contributed by atoms with Crippen LogP contribution in [0, 0.1) is 5.82 Å². The number of hydrogen-bond acceptors (Lipinski definition) is 6. The lowest BCUT2D eigenvalue weighted by Gasteiger charge is -2.25. The van der Waals surface area contributed by atoms with Gasteiger partial charge in [-0.25, -0.2) is 4.39 Å². The maximum atomic E-state index is 14.1. The summed E-state index contributed by atoms with van der Waals surface area (Å²) >= 11 is 0. The lowest BCUT2D eigenvalue weighted by Crippen LogP contribution is -2.33. The first-order chi connectivity index (χ1) is 19.5. The van der Waals surface area contributed by atoms with Gasteiger partial charge in [-0.1, -0.05) is 32.0 Å². The average molecular weight is 548 g/mol. The molecule has 8 heteroatoms. The van der Waals surface area contributed by atoms with E-state index >= 15 is 0 Å². The number of carbonyl (C=O) groups excluding carboxylic acids is 1. The number of carbonyl (C=O) groups is 1. The molecule has 2 heterocycles. The standard InChI is InChI=1S/C32H38FN3O4/c1-3-21-15-26(33)16-22(4-2)32(21)35-31(37)20-36-19-25(24-7-10-29-30(18-24)40-14-13-39-29)17-28(36)23-5-8-27(9-6-23)38-12-11-34/h5-10,15-16,18,25,28H,3-4,11-14,17,19-20,34H2,1-2H3,(H,35,37)/t25-,28-/m1/s1. The van der Waals surface area contributed by atoms with Crippen LogP contribution in [0.15, 0.2) is 54.6 Å². The Hall–Kier alpha value is -3.62. The van der Waals surface area contributed by atoms with Gasteiger partial charge < -0.3 is 25.3 Å². The van der Waals surface area contributed by atoms with Crippen LogP contribution in [0.25, 0.3) is 0 Å². The number of ether oxygens (including phenoxy) is 3. The molecule has 1 saturated heterocycles. The molecule has 0 spiro atoms. The molecule has 1 fully saturated rings. The number of rotatable bonds is 10. The Morgan fingerprint density at radius 2 is 1.68 bits per heavy atom. The van der Waals surface area contributed by atoms with Crippen LogP contribution in [0.4, 0.5) is 10.1 Å². The number of likely N-dealkylation sites (tertiary alicyclic amines) is 1. The third-order valence-corrected chi connectivity index (χ3v) is 7.73. The minimum atomic E-state index is -0.271. The van der Waals surface area contributed by atoms with Crippen molar-refractivity contribution in [2.75, 3.05) is 44.8 Å². The van der Waals surface area contributed by atoms with Gasteiger partial charge >= 0.3 is 0 Å². The van der Waals surface area contributed by atoms with Crippen molar-refractivity contribution in [2.24, 2.45) is 5.73 Å². The molecule has 3 aromatic carbocycles. The van der Waals surface area contributed by atoms with Crippen LogP contribution in [-0.2, 0) is 17.6 Å². The first-order valence-corrected chi connectivity index (χ1v) is 14.2. The third-order valence-electron chi connectivity index (χ3n) is 7.73. The molecular weight excluding hydrogens is 509 g/mol. The zero-order valence-corrected chi connectivity index (χ0v) is 23.3. The van der Waals surface area contributed by atoms with Crippen molar-refractivity contribution in [3.8, 4) is 17.2 Å². The largest absolute Gasteiger partial charge is 0.492 e. The van der Waals surface area contributed by atoms with E-state index in [0.29, 0.717) is 45.8 Å². The number of hydrogen-bond donors (Lipinski definition) is 2. The molecule has 0 aromatic heterocycles. The molecule has 0 radical (unpaired) electrons. The van der Waals surface area contributed by atoms with Crippen LogP contribution < -0.4 is 25.3 Å². The highest BCUT2D eigenvalue weighted by Gasteiger charge is 2.35. The molecule has 2 aliphatic heterocycles. The third kappa shape index (κ3) is 6.24. The second-order valence-corrected chi connectivity index (χ2v) is 10.3. The monoisotopic (exact) mass is 547 g/mol. The highest BCUT2D eigenvalue weighted by Crippen LogP contribution is 2.43. The number of nitrogens with zero attached hydrogens (tertiary/aromatic N) is 1. The van der Waals surface area contributed by atoms with Crippen LogP contribution in [-0.4, -0.2) is 50.3 Å². The molecule has 40 heavy (non-hydrogen) atoms. The Morgan fingerprint density at radius 3 is 2.35 bits per heavy atom. The van der Waals surface area contributed by atoms with Crippen LogP contribution in [0.1, 0.15) is 54.5 Å². The quantitative estimate of drug-likeness (QED) is 0.362. The molecule has 5 rings (SSSR count). The second kappa shape index (κ2) is 12.7. The van der Waals surface area contributed by atoms with E-state index in [1.165, 1.54) is 17.7 Å². The fourth-order valence-corrected chi connectivity index (χ4v) is 5.75. The second-order valence-electron chi connectivity index (χ2n) is 10.3. The molecule has 0 unspecified atom stereocenters. The van der Waals surface area contributed by atoms with Crippen LogP contribution >= 0.6 is 0 Å². The molecule has 0 bridgehead atoms. The van der Waals surface area contributed by atoms with Gasteiger partial charge in [-0.2, -0.15) is 0 Å². The Labute approximate surface area is 235 Å². The lowest BCUT2D eigenvalue weighted by molar-refractivity contribution is -0.117. The van der Waals surface area contributed by atoms with E-state index in [-0.39, 0.29) is 30.2 Å². The molecule has 0 aliphatic carbocycles. The van der Waals surface area contributed by atoms with Crippen molar-refractivity contribution in [1.82, 2.24) is 4.90 Å². The Balaban J connectivity index is 1.38. The van der Waals surface area contributed by atoms with Gasteiger partial charge in [0.2, 0.25) is 5.91 Å². The van der Waals surface area contributed by atoms with Gasteiger partial charge in [0.1, 0.15) is 31.4 Å². The van der Waals surface area contributed by atoms with Crippen molar-refractivity contribution in [3.05, 3.63) is 82.7 Å². The Morgan fingerprint density at radius 1 is 1.00 bits per heavy atom. The number of halogens is 1. The van der Waals surface area contributed by atoms with Gasteiger partial charge in [0.25, 0.3) is 0 Å². The SMILES string of the molecule is CCc1cc(F)cc(CC)c1NC(=O)CN1C[C@H](c2ccc3c(c2)OCCO3)C[C@@H]1c1ccc(OCCN)cc1. The van der Waals surface area contributed by atoms with Crippen LogP contribution in [0.2, 0.25) is 0 Å². The fourth-order valence-electron chi connectivity index (χ4n) is 5.75. The maximum Gasteiger partial charge on any atom is 0.238 e. The first-order valence-electron chi connectivity index (χ1n) is 14.2. The maximum absolute atomic E-state index is 14.1. The molecule has 2 atom stereocenters. The van der Waals surface area contributed by atoms with Crippen molar-refractivity contribution < 1.29 is 23.4 Å². The normalized spacial score (nSPS) is 18.5. The summed E-state index contributed by atoms with van der Waals surface area (Å²) in [5.74, 6) is 2.15. The smallest absolute Gasteiger partial charge is 0.238 e. The lowest BCUT2D eigenvalue weighted by atomic mass is 9.93. The molecule has 0 saturated carbocycles. The van der Waals surface area contributed by atoms with Gasteiger partial charge in [-0.15, -0.1) is 0 Å². The van der Waals surface area contributed by atoms with Crippen LogP contribution in [0.3, 0.4) is 0 Å². The van der Waals surface area contributed by atoms with Gasteiger partial charge in [-0.3, -0.25) is 9.69 Å². The summed E-state index contributed by atoms with van der Waals surface area (Å²) in [6.07, 6.45) is 2.13. The predicted molar refractivity (Wildman–Crippen MR) is 154 cm³/mol. The van der Waals surface area contributed by atoms with E-state index < -0.39 is 0 Å². The van der Waals surface area contributed by atoms with Crippen molar-refractivity contribution >= 4 is 11.6 Å². The molecule has 2 aliphatic rings. The van der Waals surface area contributed by atoms with E-state index in [9.17, 15) is 9.18 Å². The zero-order chi connectivity index (χ0) is 28.1. The molecule has 212 valence electrons. The van der Waals surface area contributed by atoms with E-state index in [2.05, 4.69) is 34.5 Å². The number of anilines is 1. The van der Waals surface area contributed by atoms with Gasteiger partial charge in [-0.05, 0) is 83.8 Å². The number of benzene rings is 3. The first kappa shape index (κ1) is 27.9. The molecular formula is C32H38FN3O4. The Kier molecular flexibility index (Phi) is 8.87. The Bertz CT molecular complexity index is 1310. The zero-order valence-electron chi connectivity index (χ0n) is 23.3. The van der Waals surface area contributed by atoms with Crippen molar-refractivity contribution in [3.63, 3.8) is 0 Å². The summed E-state index contributed by atoms with van der Waals surface area (Å²) in [6, 6.07) is 17.3. The summed E-state index contributed by atoms with van der Waals surface area (Å²) < 4.78 is 31.4. The molecule has 3 aromatic rings. The number of nitrogens with two attached hydrogens (primary N) is 1. The average Bonchev–Trinajstić information content (AvgIpc) is 3.40. The van der Waals surface area contributed by atoms with Crippen molar-refractivity contribution in [1.29, 1.82) is 0 Å². The fraction of sp³-hybridized carbons (Fsp3) is 0.406. The van der Waals surface area contributed by atoms with Crippen LogP contribution in [0.5, 0.6) is 17.2 Å². The summed E-state index contributed by atoms with van der Waals surface area (Å²) in [5.41, 5.74) is 10.2. The summed E-state index contributed by atoms with van der Waals surface area (Å²) in [5, 5.41) is 3.12. The van der Waals surface area contributed by atoms with E-state index in [1.54, 1.807) is 0 Å². The van der Waals surface area contributed by atoms with Crippen molar-refractivity contribution in [2.45, 2.75) is 45.1 Å². The highest BCUT2D eigenvalue weighted by molar-refractivity contribution is 5.94. The minimum absolute atomic E-state index is 0.0389. The number of amides is 1. The number of fused-ring (bicyclic) bond motifs is 1. The van der Waals surface area contributed by atoms with Gasteiger partial charge in [0.15, 0.2) is 11.5 Å². The summed E-state index contributed by atoms with van der Waals surface area (Å²) in [7, 11) is 0. The molecule has 1 amide bonds. The molecule has 7 nitrogen and oxygen atoms in total. The summed E-state index contributed by atoms with van der Waals surface area (Å²) in [6.45, 7) is 6.89. The van der Waals surface area contributed by atoms with E-state index in [0.717, 1.165) is 46.0 Å². The highest BCUT2D eigenvalue weighted by atomic mass is 19.1. The minimum Gasteiger partial charge on any atom is -0.492 e. The number of aryl methyl sites for hydroxylation is 2. The number of nitrogens with one attached hydrogen (secondary N) is 1. The topological polar surface area (TPSA) is 86.1 Å². The molecule has 3 N–H and O–H groups in total. The van der Waals surface area contributed by atoms with E-state index in [4.69, 9.17) is 19.9 Å². The summed E-state index contributed by atoms with van der Waals surface area (Å²) in [4.78, 5) is 15.7. The van der Waals surface area contributed by atoms with Gasteiger partial charge in [0.05, 0.1) is 6.54 Å². The van der Waals surface area contributed by atoms with E-state index in [1.807, 2.05) is 32.0 Å². The van der Waals surface area contributed by atoms with Gasteiger partial charge in [0, 0.05) is 24.8 Å².